The van der Waals surface area contributed by atoms with Crippen LogP contribution in [0.25, 0.3) is 0 Å². The van der Waals surface area contributed by atoms with E-state index < -0.39 is 0 Å². The Morgan fingerprint density at radius 1 is 1.12 bits per heavy atom. The largest absolute Gasteiger partial charge is 0.462 e. The van der Waals surface area contributed by atoms with Crippen molar-refractivity contribution in [3.8, 4) is 12.1 Å². The summed E-state index contributed by atoms with van der Waals surface area (Å²) in [5.74, 6) is 1.45. The summed E-state index contributed by atoms with van der Waals surface area (Å²) in [4.78, 5) is 14.9. The zero-order valence-corrected chi connectivity index (χ0v) is 19.9. The van der Waals surface area contributed by atoms with Crippen molar-refractivity contribution in [2.24, 2.45) is 5.92 Å². The first kappa shape index (κ1) is 21.8. The summed E-state index contributed by atoms with van der Waals surface area (Å²) >= 11 is 0. The van der Waals surface area contributed by atoms with Crippen LogP contribution in [0.4, 0.5) is 5.82 Å². The van der Waals surface area contributed by atoms with Crippen molar-refractivity contribution in [2.75, 3.05) is 31.1 Å². The van der Waals surface area contributed by atoms with Crippen LogP contribution in [0.5, 0.6) is 6.01 Å². The Bertz CT molecular complexity index is 1080. The molecule has 0 saturated carbocycles. The molecule has 1 aliphatic carbocycles. The van der Waals surface area contributed by atoms with Crippen molar-refractivity contribution in [2.45, 2.75) is 70.1 Å². The number of hydrogen-bond acceptors (Lipinski definition) is 7. The number of ether oxygens (including phenoxy) is 1. The lowest BCUT2D eigenvalue weighted by molar-refractivity contribution is 0.198. The fourth-order valence-corrected chi connectivity index (χ4v) is 6.33. The zero-order valence-electron chi connectivity index (χ0n) is 19.9. The summed E-state index contributed by atoms with van der Waals surface area (Å²) in [6.07, 6.45) is 7.51. The molecule has 0 amide bonds. The van der Waals surface area contributed by atoms with Crippen molar-refractivity contribution in [3.63, 3.8) is 0 Å². The molecule has 4 aliphatic rings. The number of aromatic nitrogens is 2. The first-order valence-electron chi connectivity index (χ1n) is 13.0. The van der Waals surface area contributed by atoms with Gasteiger partial charge in [-0.15, -0.1) is 0 Å². The first-order valence-corrected chi connectivity index (χ1v) is 13.0. The molecule has 6 rings (SSSR count). The maximum Gasteiger partial charge on any atom is 0.318 e. The highest BCUT2D eigenvalue weighted by molar-refractivity contribution is 5.52. The molecule has 178 valence electrons. The third-order valence-electron chi connectivity index (χ3n) is 8.08. The molecule has 2 aromatic rings. The van der Waals surface area contributed by atoms with Crippen LogP contribution >= 0.6 is 0 Å². The molecule has 0 radical (unpaired) electrons. The van der Waals surface area contributed by atoms with Gasteiger partial charge in [0.25, 0.3) is 0 Å². The van der Waals surface area contributed by atoms with Gasteiger partial charge in [-0.3, -0.25) is 4.90 Å². The second-order valence-electron chi connectivity index (χ2n) is 10.3. The highest BCUT2D eigenvalue weighted by atomic mass is 16.5. The molecular formula is C27H34N6O. The minimum Gasteiger partial charge on any atom is -0.462 e. The van der Waals surface area contributed by atoms with Crippen LogP contribution in [0, 0.1) is 17.2 Å². The minimum absolute atomic E-state index is 0.391. The van der Waals surface area contributed by atoms with E-state index in [1.807, 2.05) is 0 Å². The molecule has 0 bridgehead atoms. The molecule has 3 aliphatic heterocycles. The number of aryl methyl sites for hydroxylation is 1. The summed E-state index contributed by atoms with van der Waals surface area (Å²) < 4.78 is 6.16. The van der Waals surface area contributed by atoms with Crippen LogP contribution in [0.3, 0.4) is 0 Å². The number of nitriles is 1. The average molecular weight is 459 g/mol. The molecular weight excluding hydrogens is 424 g/mol. The Balaban J connectivity index is 1.28. The molecule has 3 atom stereocenters. The number of fused-ring (bicyclic) bond motifs is 2. The number of benzene rings is 1. The third-order valence-corrected chi connectivity index (χ3v) is 8.08. The molecule has 2 fully saturated rings. The first-order chi connectivity index (χ1) is 16.8. The Labute approximate surface area is 202 Å². The van der Waals surface area contributed by atoms with Crippen molar-refractivity contribution >= 4 is 5.82 Å². The third kappa shape index (κ3) is 4.25. The quantitative estimate of drug-likeness (QED) is 0.707. The van der Waals surface area contributed by atoms with E-state index in [-0.39, 0.29) is 0 Å². The number of rotatable bonds is 6. The summed E-state index contributed by atoms with van der Waals surface area (Å²) in [7, 11) is 0. The van der Waals surface area contributed by atoms with Crippen molar-refractivity contribution in [1.82, 2.24) is 20.2 Å². The lowest BCUT2D eigenvalue weighted by atomic mass is 9.95. The predicted octanol–water partition coefficient (Wildman–Crippen LogP) is 3.74. The van der Waals surface area contributed by atoms with Gasteiger partial charge >= 0.3 is 6.01 Å². The molecule has 7 nitrogen and oxygen atoms in total. The fraction of sp³-hybridized carbons (Fsp3) is 0.593. The standard InChI is InChI=1S/C27H34N6O/c28-12-11-19-5-4-14-32(15-19)26-23-16-33(25-10-9-20-6-1-2-8-22(20)25)17-24(23)30-27(31-26)34-18-21-7-3-13-29-21/h1-2,6,8,19,21,25,29H,3-5,7,9-11,13-18H2/t19-,21-,25?/m0/s1. The minimum atomic E-state index is 0.391. The van der Waals surface area contributed by atoms with Gasteiger partial charge in [0.05, 0.1) is 11.8 Å². The predicted molar refractivity (Wildman–Crippen MR) is 130 cm³/mol. The lowest BCUT2D eigenvalue weighted by Gasteiger charge is -2.34. The van der Waals surface area contributed by atoms with Gasteiger partial charge in [-0.05, 0) is 62.1 Å². The van der Waals surface area contributed by atoms with Crippen LogP contribution in [0.2, 0.25) is 0 Å². The number of nitrogens with zero attached hydrogens (tertiary/aromatic N) is 5. The van der Waals surface area contributed by atoms with Crippen LogP contribution in [-0.4, -0.2) is 47.2 Å². The number of hydrogen-bond donors (Lipinski definition) is 1. The zero-order chi connectivity index (χ0) is 22.9. The van der Waals surface area contributed by atoms with E-state index in [9.17, 15) is 5.26 Å². The van der Waals surface area contributed by atoms with Crippen LogP contribution in [-0.2, 0) is 19.5 Å². The van der Waals surface area contributed by atoms with E-state index in [0.29, 0.717) is 37.0 Å². The van der Waals surface area contributed by atoms with Crippen molar-refractivity contribution in [3.05, 3.63) is 46.6 Å². The summed E-state index contributed by atoms with van der Waals surface area (Å²) in [5, 5.41) is 12.8. The number of nitrogens with one attached hydrogen (secondary N) is 1. The van der Waals surface area contributed by atoms with Gasteiger partial charge in [0.2, 0.25) is 0 Å². The Kier molecular flexibility index (Phi) is 6.11. The van der Waals surface area contributed by atoms with E-state index in [0.717, 1.165) is 69.9 Å². The maximum absolute atomic E-state index is 9.26. The van der Waals surface area contributed by atoms with E-state index in [4.69, 9.17) is 14.7 Å². The van der Waals surface area contributed by atoms with Crippen molar-refractivity contribution < 1.29 is 4.74 Å². The molecule has 2 saturated heterocycles. The SMILES string of the molecule is N#CC[C@@H]1CCCN(c2nc(OC[C@@H]3CCCN3)nc3c2CN(C2CCc4ccccc42)C3)C1. The van der Waals surface area contributed by atoms with E-state index in [1.54, 1.807) is 0 Å². The average Bonchev–Trinajstić information content (AvgIpc) is 3.62. The molecule has 34 heavy (non-hydrogen) atoms. The van der Waals surface area contributed by atoms with Gasteiger partial charge in [0.15, 0.2) is 0 Å². The topological polar surface area (TPSA) is 77.3 Å². The highest BCUT2D eigenvalue weighted by Gasteiger charge is 2.36. The molecule has 7 heteroatoms. The van der Waals surface area contributed by atoms with E-state index in [1.165, 1.54) is 29.5 Å². The molecule has 1 unspecified atom stereocenters. The Morgan fingerprint density at radius 2 is 2.06 bits per heavy atom. The van der Waals surface area contributed by atoms with Crippen molar-refractivity contribution in [1.29, 1.82) is 5.26 Å². The lowest BCUT2D eigenvalue weighted by Crippen LogP contribution is -2.37. The van der Waals surface area contributed by atoms with Crippen LogP contribution in [0.15, 0.2) is 24.3 Å². The molecule has 0 spiro atoms. The summed E-state index contributed by atoms with van der Waals surface area (Å²) in [6, 6.07) is 12.6. The highest BCUT2D eigenvalue weighted by Crippen LogP contribution is 2.42. The molecule has 1 aromatic carbocycles. The van der Waals surface area contributed by atoms with Crippen LogP contribution < -0.4 is 15.0 Å². The second-order valence-corrected chi connectivity index (χ2v) is 10.3. The normalized spacial score (nSPS) is 26.3. The Morgan fingerprint density at radius 3 is 2.94 bits per heavy atom. The van der Waals surface area contributed by atoms with E-state index >= 15 is 0 Å². The van der Waals surface area contributed by atoms with Gasteiger partial charge in [-0.1, -0.05) is 24.3 Å². The summed E-state index contributed by atoms with van der Waals surface area (Å²) in [5.41, 5.74) is 5.33. The van der Waals surface area contributed by atoms with Gasteiger partial charge in [-0.25, -0.2) is 0 Å². The van der Waals surface area contributed by atoms with Gasteiger partial charge in [-0.2, -0.15) is 15.2 Å². The molecule has 4 heterocycles. The van der Waals surface area contributed by atoms with Crippen LogP contribution in [0.1, 0.15) is 67.0 Å². The van der Waals surface area contributed by atoms with Gasteiger partial charge in [0.1, 0.15) is 12.4 Å². The maximum atomic E-state index is 9.26. The van der Waals surface area contributed by atoms with Gasteiger partial charge < -0.3 is 15.0 Å². The second kappa shape index (κ2) is 9.52. The van der Waals surface area contributed by atoms with E-state index in [2.05, 4.69) is 45.5 Å². The molecule has 1 N–H and O–H groups in total. The summed E-state index contributed by atoms with van der Waals surface area (Å²) in [6.45, 7) is 5.30. The number of piperidine rings is 1. The molecule has 1 aromatic heterocycles. The number of anilines is 1. The smallest absolute Gasteiger partial charge is 0.318 e. The fourth-order valence-electron chi connectivity index (χ4n) is 6.33. The monoisotopic (exact) mass is 458 g/mol. The van der Waals surface area contributed by atoms with Gasteiger partial charge in [0, 0.05) is 50.2 Å². The Hall–Kier alpha value is -2.69.